The van der Waals surface area contributed by atoms with Crippen molar-refractivity contribution in [3.05, 3.63) is 29.3 Å². The molecule has 1 aliphatic rings. The summed E-state index contributed by atoms with van der Waals surface area (Å²) in [6.07, 6.45) is -0.484. The molecule has 0 heterocycles. The van der Waals surface area contributed by atoms with Gasteiger partial charge in [0.1, 0.15) is 4.99 Å². The first-order chi connectivity index (χ1) is 9.27. The molecule has 0 saturated heterocycles. The second-order valence-electron chi connectivity index (χ2n) is 5.23. The SMILES string of the molecule is CCC1(Nc2ccc(C(N)=S)c(C(F)(F)F)c2)CCC1. The number of hydrogen-bond donors (Lipinski definition) is 2. The van der Waals surface area contributed by atoms with Crippen molar-refractivity contribution in [3.8, 4) is 0 Å². The van der Waals surface area contributed by atoms with E-state index in [9.17, 15) is 13.2 Å². The van der Waals surface area contributed by atoms with E-state index in [1.165, 1.54) is 6.07 Å². The van der Waals surface area contributed by atoms with Crippen molar-refractivity contribution in [1.29, 1.82) is 0 Å². The van der Waals surface area contributed by atoms with Gasteiger partial charge in [0.2, 0.25) is 0 Å². The molecule has 0 radical (unpaired) electrons. The lowest BCUT2D eigenvalue weighted by molar-refractivity contribution is -0.137. The van der Waals surface area contributed by atoms with Gasteiger partial charge in [-0.3, -0.25) is 0 Å². The molecule has 1 aliphatic carbocycles. The second-order valence-corrected chi connectivity index (χ2v) is 5.67. The quantitative estimate of drug-likeness (QED) is 0.823. The van der Waals surface area contributed by atoms with Crippen LogP contribution in [0.3, 0.4) is 0 Å². The molecule has 0 atom stereocenters. The smallest absolute Gasteiger partial charge is 0.389 e. The molecule has 2 rings (SSSR count). The van der Waals surface area contributed by atoms with Gasteiger partial charge in [-0.1, -0.05) is 19.1 Å². The molecule has 0 aliphatic heterocycles. The normalized spacial score (nSPS) is 17.4. The maximum atomic E-state index is 13.1. The van der Waals surface area contributed by atoms with E-state index in [-0.39, 0.29) is 16.1 Å². The topological polar surface area (TPSA) is 38.0 Å². The fourth-order valence-electron chi connectivity index (χ4n) is 2.55. The van der Waals surface area contributed by atoms with Crippen LogP contribution in [0.5, 0.6) is 0 Å². The Morgan fingerprint density at radius 1 is 1.40 bits per heavy atom. The number of rotatable bonds is 4. The summed E-state index contributed by atoms with van der Waals surface area (Å²) in [7, 11) is 0. The van der Waals surface area contributed by atoms with Crippen molar-refractivity contribution in [2.75, 3.05) is 5.32 Å². The van der Waals surface area contributed by atoms with E-state index in [4.69, 9.17) is 5.73 Å². The van der Waals surface area contributed by atoms with Crippen LogP contribution in [0.1, 0.15) is 43.7 Å². The highest BCUT2D eigenvalue weighted by atomic mass is 32.1. The first-order valence-corrected chi connectivity index (χ1v) is 6.97. The van der Waals surface area contributed by atoms with Crippen molar-refractivity contribution in [3.63, 3.8) is 0 Å². The molecule has 0 spiro atoms. The lowest BCUT2D eigenvalue weighted by atomic mass is 9.74. The van der Waals surface area contributed by atoms with Crippen LogP contribution in [-0.4, -0.2) is 10.5 Å². The Hall–Kier alpha value is -1.30. The molecule has 110 valence electrons. The third-order valence-electron chi connectivity index (χ3n) is 3.99. The lowest BCUT2D eigenvalue weighted by Crippen LogP contribution is -2.44. The van der Waals surface area contributed by atoms with E-state index in [1.54, 1.807) is 6.07 Å². The summed E-state index contributed by atoms with van der Waals surface area (Å²) in [4.78, 5) is -0.238. The number of nitrogens with one attached hydrogen (secondary N) is 1. The molecule has 6 heteroatoms. The monoisotopic (exact) mass is 302 g/mol. The molecule has 1 saturated carbocycles. The molecule has 20 heavy (non-hydrogen) atoms. The number of halogens is 3. The first kappa shape index (κ1) is 15.1. The zero-order valence-corrected chi connectivity index (χ0v) is 12.0. The van der Waals surface area contributed by atoms with E-state index in [2.05, 4.69) is 17.5 Å². The van der Waals surface area contributed by atoms with E-state index in [0.717, 1.165) is 31.7 Å². The Labute approximate surface area is 121 Å². The third kappa shape index (κ3) is 2.90. The molecule has 0 aromatic heterocycles. The average Bonchev–Trinajstić information content (AvgIpc) is 2.32. The van der Waals surface area contributed by atoms with Gasteiger partial charge in [0.15, 0.2) is 0 Å². The second kappa shape index (κ2) is 5.24. The van der Waals surface area contributed by atoms with Gasteiger partial charge in [-0.2, -0.15) is 13.2 Å². The number of alkyl halides is 3. The predicted octanol–water partition coefficient (Wildman–Crippen LogP) is 4.08. The highest BCUT2D eigenvalue weighted by Gasteiger charge is 2.37. The number of hydrogen-bond acceptors (Lipinski definition) is 2. The van der Waals surface area contributed by atoms with Crippen molar-refractivity contribution in [2.24, 2.45) is 5.73 Å². The van der Waals surface area contributed by atoms with Crippen LogP contribution in [0.4, 0.5) is 18.9 Å². The zero-order valence-electron chi connectivity index (χ0n) is 11.2. The lowest BCUT2D eigenvalue weighted by Gasteiger charge is -2.43. The van der Waals surface area contributed by atoms with Gasteiger partial charge >= 0.3 is 6.18 Å². The van der Waals surface area contributed by atoms with Gasteiger partial charge in [-0.15, -0.1) is 0 Å². The Bertz CT molecular complexity index is 516. The maximum Gasteiger partial charge on any atom is 0.417 e. The van der Waals surface area contributed by atoms with Crippen molar-refractivity contribution >= 4 is 22.9 Å². The summed E-state index contributed by atoms with van der Waals surface area (Å²) in [5, 5.41) is 3.24. The van der Waals surface area contributed by atoms with Crippen LogP contribution in [0.2, 0.25) is 0 Å². The molecular formula is C14H17F3N2S. The standard InChI is InChI=1S/C14H17F3N2S/c1-2-13(6-3-7-13)19-9-4-5-10(12(18)20)11(8-9)14(15,16)17/h4-5,8,19H,2-3,6-7H2,1H3,(H2,18,20). The largest absolute Gasteiger partial charge is 0.417 e. The van der Waals surface area contributed by atoms with Crippen molar-refractivity contribution in [1.82, 2.24) is 0 Å². The highest BCUT2D eigenvalue weighted by molar-refractivity contribution is 7.80. The van der Waals surface area contributed by atoms with E-state index in [0.29, 0.717) is 5.69 Å². The Morgan fingerprint density at radius 3 is 2.45 bits per heavy atom. The molecule has 1 fully saturated rings. The summed E-state index contributed by atoms with van der Waals surface area (Å²) in [5.41, 5.74) is 4.87. The summed E-state index contributed by atoms with van der Waals surface area (Å²) in [6.45, 7) is 2.04. The predicted molar refractivity (Wildman–Crippen MR) is 77.8 cm³/mol. The van der Waals surface area contributed by atoms with Crippen molar-refractivity contribution in [2.45, 2.75) is 44.3 Å². The summed E-state index contributed by atoms with van der Waals surface area (Å²) in [5.74, 6) is 0. The van der Waals surface area contributed by atoms with E-state index < -0.39 is 11.7 Å². The summed E-state index contributed by atoms with van der Waals surface area (Å²) in [6, 6.07) is 4.05. The molecule has 0 unspecified atom stereocenters. The van der Waals surface area contributed by atoms with Gasteiger partial charge in [0.25, 0.3) is 0 Å². The number of anilines is 1. The van der Waals surface area contributed by atoms with Gasteiger partial charge in [-0.25, -0.2) is 0 Å². The Morgan fingerprint density at radius 2 is 2.05 bits per heavy atom. The maximum absolute atomic E-state index is 13.1. The zero-order chi connectivity index (χ0) is 15.0. The van der Waals surface area contributed by atoms with Crippen LogP contribution in [0.25, 0.3) is 0 Å². The molecule has 2 nitrogen and oxygen atoms in total. The average molecular weight is 302 g/mol. The Balaban J connectivity index is 2.35. The minimum Gasteiger partial charge on any atom is -0.389 e. The molecular weight excluding hydrogens is 285 g/mol. The minimum atomic E-state index is -4.46. The molecule has 0 amide bonds. The van der Waals surface area contributed by atoms with Crippen molar-refractivity contribution < 1.29 is 13.2 Å². The summed E-state index contributed by atoms with van der Waals surface area (Å²) >= 11 is 4.69. The van der Waals surface area contributed by atoms with E-state index in [1.807, 2.05) is 6.92 Å². The van der Waals surface area contributed by atoms with Gasteiger partial charge in [0.05, 0.1) is 5.56 Å². The fourth-order valence-corrected chi connectivity index (χ4v) is 2.73. The molecule has 3 N–H and O–H groups in total. The highest BCUT2D eigenvalue weighted by Crippen LogP contribution is 2.40. The van der Waals surface area contributed by atoms with Crippen LogP contribution >= 0.6 is 12.2 Å². The van der Waals surface area contributed by atoms with Gasteiger partial charge < -0.3 is 11.1 Å². The number of benzene rings is 1. The van der Waals surface area contributed by atoms with Crippen LogP contribution in [0, 0.1) is 0 Å². The third-order valence-corrected chi connectivity index (χ3v) is 4.21. The van der Waals surface area contributed by atoms with Crippen LogP contribution in [0.15, 0.2) is 18.2 Å². The van der Waals surface area contributed by atoms with Crippen LogP contribution < -0.4 is 11.1 Å². The van der Waals surface area contributed by atoms with E-state index >= 15 is 0 Å². The number of thiocarbonyl (C=S) groups is 1. The van der Waals surface area contributed by atoms with Crippen LogP contribution in [-0.2, 0) is 6.18 Å². The Kier molecular flexibility index (Phi) is 3.95. The number of nitrogens with two attached hydrogens (primary N) is 1. The minimum absolute atomic E-state index is 0.0619. The summed E-state index contributed by atoms with van der Waals surface area (Å²) < 4.78 is 39.2. The van der Waals surface area contributed by atoms with Gasteiger partial charge in [-0.05, 0) is 43.9 Å². The fraction of sp³-hybridized carbons (Fsp3) is 0.500. The van der Waals surface area contributed by atoms with Gasteiger partial charge in [0, 0.05) is 16.8 Å². The first-order valence-electron chi connectivity index (χ1n) is 6.57. The molecule has 0 bridgehead atoms. The molecule has 1 aromatic carbocycles. The molecule has 1 aromatic rings.